The summed E-state index contributed by atoms with van der Waals surface area (Å²) in [6.45, 7) is 10.8. The van der Waals surface area contributed by atoms with Gasteiger partial charge in [-0.15, -0.1) is 20.2 Å². The fourth-order valence-electron chi connectivity index (χ4n) is 6.40. The summed E-state index contributed by atoms with van der Waals surface area (Å²) in [4.78, 5) is 57.5. The number of carbonyl (C=O) groups is 2. The number of halogens is 1. The molecule has 3 N–H and O–H groups in total. The monoisotopic (exact) mass is 780 g/mol. The molecule has 1 aromatic heterocycles. The van der Waals surface area contributed by atoms with Crippen molar-refractivity contribution in [3.63, 3.8) is 0 Å². The lowest BCUT2D eigenvalue weighted by atomic mass is 9.93. The second kappa shape index (κ2) is 21.9. The van der Waals surface area contributed by atoms with E-state index in [1.807, 2.05) is 43.6 Å². The predicted molar refractivity (Wildman–Crippen MR) is 207 cm³/mol. The number of benzene rings is 2. The third-order valence-electron chi connectivity index (χ3n) is 8.72. The maximum atomic E-state index is 14.3. The normalized spacial score (nSPS) is 13.8. The zero-order valence-electron chi connectivity index (χ0n) is 31.8. The van der Waals surface area contributed by atoms with Gasteiger partial charge in [0.05, 0.1) is 36.5 Å². The lowest BCUT2D eigenvalue weighted by molar-refractivity contribution is -0.799. The van der Waals surface area contributed by atoms with Crippen LogP contribution >= 0.6 is 0 Å². The Morgan fingerprint density at radius 1 is 0.964 bits per heavy atom. The van der Waals surface area contributed by atoms with Crippen LogP contribution in [-0.4, -0.2) is 67.9 Å². The molecule has 0 bridgehead atoms. The maximum absolute atomic E-state index is 14.3. The molecule has 3 aromatic rings. The molecule has 16 heteroatoms. The van der Waals surface area contributed by atoms with Crippen LogP contribution in [0.3, 0.4) is 0 Å². The summed E-state index contributed by atoms with van der Waals surface area (Å²) in [7, 11) is 0. The number of esters is 1. The number of carbonyl (C=O) groups excluding carboxylic acids is 2. The zero-order valence-corrected chi connectivity index (χ0v) is 31.8. The molecule has 3 rings (SSSR count). The summed E-state index contributed by atoms with van der Waals surface area (Å²) in [5, 5.41) is 44.3. The van der Waals surface area contributed by atoms with Gasteiger partial charge in [-0.3, -0.25) is 9.59 Å². The molecule has 56 heavy (non-hydrogen) atoms. The second-order valence-corrected chi connectivity index (χ2v) is 13.2. The fourth-order valence-corrected chi connectivity index (χ4v) is 6.40. The molecule has 2 aromatic carbocycles. The smallest absolute Gasteiger partial charge is 0.308 e. The molecular weight excluding hydrogens is 731 g/mol. The van der Waals surface area contributed by atoms with Gasteiger partial charge in [0.25, 0.3) is 16.1 Å². The van der Waals surface area contributed by atoms with Crippen molar-refractivity contribution in [1.82, 2.24) is 4.57 Å². The van der Waals surface area contributed by atoms with Gasteiger partial charge in [-0.25, -0.2) is 4.39 Å². The predicted octanol–water partition coefficient (Wildman–Crippen LogP) is 7.20. The van der Waals surface area contributed by atoms with E-state index in [0.717, 1.165) is 0 Å². The molecule has 1 amide bonds. The minimum Gasteiger partial charge on any atom is -0.466 e. The van der Waals surface area contributed by atoms with Crippen molar-refractivity contribution in [2.45, 2.75) is 96.7 Å². The molecule has 15 nitrogen and oxygen atoms in total. The number of ether oxygens (including phenoxy) is 1. The van der Waals surface area contributed by atoms with Gasteiger partial charge in [0.1, 0.15) is 18.0 Å². The highest BCUT2D eigenvalue weighted by atomic mass is 19.1. The highest BCUT2D eigenvalue weighted by Gasteiger charge is 2.32. The van der Waals surface area contributed by atoms with Crippen LogP contribution in [0.5, 0.6) is 0 Å². The van der Waals surface area contributed by atoms with Crippen molar-refractivity contribution in [3.05, 3.63) is 128 Å². The van der Waals surface area contributed by atoms with Gasteiger partial charge < -0.3 is 34.5 Å². The molecule has 2 unspecified atom stereocenters. The van der Waals surface area contributed by atoms with E-state index in [1.54, 1.807) is 48.6 Å². The van der Waals surface area contributed by atoms with Crippen LogP contribution in [0.15, 0.2) is 85.5 Å². The Hall–Kier alpha value is -5.87. The molecule has 4 atom stereocenters. The van der Waals surface area contributed by atoms with Gasteiger partial charge in [-0.05, 0) is 79.6 Å². The third kappa shape index (κ3) is 12.9. The minimum atomic E-state index is -1.39. The van der Waals surface area contributed by atoms with Crippen LogP contribution in [0.4, 0.5) is 10.1 Å². The standard InChI is InChI=1S/C40H49FN4O11/c1-6-12-27(13-7-2)36-37(40(49)42-30-14-10-9-11-15-30)38(26(4)5)43(39(36)28-16-18-29(41)19-17-28)22-20-31(46)24-32(47)25-35(48)54-23-21-34(56-45(52)53)33(8-3)55-44(50)51/h6-7,9-19,26,31-34,46-47H,1,8,20-25H2,2-5H3,(H,42,49)/b13-7-,27-12+/t31-,32-,33?,34?/m1/s1. The summed E-state index contributed by atoms with van der Waals surface area (Å²) in [6.07, 6.45) is 0.951. The van der Waals surface area contributed by atoms with E-state index >= 15 is 0 Å². The number of para-hydroxylation sites is 1. The fraction of sp³-hybridized carbons (Fsp3) is 0.400. The molecule has 0 aliphatic carbocycles. The van der Waals surface area contributed by atoms with E-state index in [2.05, 4.69) is 21.6 Å². The molecule has 0 saturated carbocycles. The first-order valence-corrected chi connectivity index (χ1v) is 18.2. The van der Waals surface area contributed by atoms with Crippen molar-refractivity contribution >= 4 is 23.1 Å². The van der Waals surface area contributed by atoms with Gasteiger partial charge in [0.2, 0.25) is 0 Å². The lowest BCUT2D eigenvalue weighted by Gasteiger charge is -2.22. The largest absolute Gasteiger partial charge is 0.466 e. The lowest BCUT2D eigenvalue weighted by Crippen LogP contribution is -2.36. The number of nitrogens with one attached hydrogen (secondary N) is 1. The first kappa shape index (κ1) is 44.5. The summed E-state index contributed by atoms with van der Waals surface area (Å²) in [5.41, 5.74) is 4.07. The molecule has 0 spiro atoms. The van der Waals surface area contributed by atoms with Gasteiger partial charge in [-0.2, -0.15) is 0 Å². The zero-order chi connectivity index (χ0) is 41.4. The Labute approximate surface area is 324 Å². The van der Waals surface area contributed by atoms with E-state index in [4.69, 9.17) is 4.74 Å². The van der Waals surface area contributed by atoms with Crippen molar-refractivity contribution < 1.29 is 48.8 Å². The van der Waals surface area contributed by atoms with Crippen LogP contribution in [0, 0.1) is 26.0 Å². The number of rotatable bonds is 23. The first-order valence-electron chi connectivity index (χ1n) is 18.2. The van der Waals surface area contributed by atoms with Crippen molar-refractivity contribution in [1.29, 1.82) is 0 Å². The molecule has 302 valence electrons. The molecule has 1 heterocycles. The number of aliphatic hydroxyl groups excluding tert-OH is 2. The first-order chi connectivity index (χ1) is 26.7. The maximum Gasteiger partial charge on any atom is 0.308 e. The Morgan fingerprint density at radius 2 is 1.61 bits per heavy atom. The number of aliphatic hydroxyl groups is 2. The number of hydrogen-bond donors (Lipinski definition) is 3. The summed E-state index contributed by atoms with van der Waals surface area (Å²) >= 11 is 0. The van der Waals surface area contributed by atoms with Crippen molar-refractivity contribution in [3.8, 4) is 11.3 Å². The molecular formula is C40H49FN4O11. The van der Waals surface area contributed by atoms with Crippen LogP contribution < -0.4 is 5.32 Å². The number of nitrogens with zero attached hydrogens (tertiary/aromatic N) is 3. The molecule has 0 fully saturated rings. The molecule has 0 radical (unpaired) electrons. The highest BCUT2D eigenvalue weighted by Crippen LogP contribution is 2.41. The summed E-state index contributed by atoms with van der Waals surface area (Å²) < 4.78 is 21.3. The van der Waals surface area contributed by atoms with Gasteiger partial charge >= 0.3 is 5.97 Å². The van der Waals surface area contributed by atoms with E-state index in [0.29, 0.717) is 39.3 Å². The highest BCUT2D eigenvalue weighted by molar-refractivity contribution is 6.11. The Balaban J connectivity index is 1.90. The topological polar surface area (TPSA) is 206 Å². The average Bonchev–Trinajstić information content (AvgIpc) is 3.48. The van der Waals surface area contributed by atoms with Crippen molar-refractivity contribution in [2.75, 3.05) is 11.9 Å². The Morgan fingerprint density at radius 3 is 2.18 bits per heavy atom. The van der Waals surface area contributed by atoms with Crippen molar-refractivity contribution in [2.24, 2.45) is 0 Å². The van der Waals surface area contributed by atoms with E-state index < -0.39 is 59.4 Å². The van der Waals surface area contributed by atoms with E-state index in [9.17, 15) is 44.4 Å². The average molecular weight is 781 g/mol. The quantitative estimate of drug-likeness (QED) is 0.0380. The van der Waals surface area contributed by atoms with Crippen LogP contribution in [0.2, 0.25) is 0 Å². The molecule has 0 aliphatic heterocycles. The molecule has 0 saturated heterocycles. The number of hydrogen-bond acceptors (Lipinski definition) is 11. The molecule has 0 aliphatic rings. The number of allylic oxidation sites excluding steroid dienone is 5. The van der Waals surface area contributed by atoms with Crippen LogP contribution in [0.1, 0.15) is 87.3 Å². The van der Waals surface area contributed by atoms with E-state index in [1.165, 1.54) is 19.1 Å². The summed E-state index contributed by atoms with van der Waals surface area (Å²) in [5.74, 6) is -1.92. The number of amides is 1. The minimum absolute atomic E-state index is 0.00306. The van der Waals surface area contributed by atoms with Crippen LogP contribution in [-0.2, 0) is 25.8 Å². The number of anilines is 1. The van der Waals surface area contributed by atoms with E-state index in [-0.39, 0.29) is 44.1 Å². The Kier molecular flexibility index (Phi) is 17.4. The van der Waals surface area contributed by atoms with Crippen LogP contribution in [0.25, 0.3) is 16.8 Å². The summed E-state index contributed by atoms with van der Waals surface area (Å²) in [6, 6.07) is 14.9. The van der Waals surface area contributed by atoms with Gasteiger partial charge in [0.15, 0.2) is 0 Å². The van der Waals surface area contributed by atoms with Gasteiger partial charge in [0, 0.05) is 29.9 Å². The SMILES string of the molecule is C=C/C=C(\C=C/C)c1c(C(=O)Nc2ccccc2)c(C(C)C)n(CC[C@@H](O)C[C@@H](O)CC(=O)OCCC(O[N+](=O)[O-])C(CC)O[N+](=O)[O-])c1-c1ccc(F)cc1. The second-order valence-electron chi connectivity index (χ2n) is 13.2. The Bertz CT molecular complexity index is 1860. The number of aromatic nitrogens is 1. The third-order valence-corrected chi connectivity index (χ3v) is 8.72. The van der Waals surface area contributed by atoms with Gasteiger partial charge in [-0.1, -0.05) is 69.9 Å².